The van der Waals surface area contributed by atoms with Crippen LogP contribution in [0.2, 0.25) is 5.28 Å². The fourth-order valence-electron chi connectivity index (χ4n) is 2.18. The van der Waals surface area contributed by atoms with Crippen molar-refractivity contribution in [2.75, 3.05) is 44.1 Å². The summed E-state index contributed by atoms with van der Waals surface area (Å²) in [6.45, 7) is 3.55. The lowest BCUT2D eigenvalue weighted by Crippen LogP contribution is -2.18. The third kappa shape index (κ3) is 5.62. The van der Waals surface area contributed by atoms with Gasteiger partial charge in [0.05, 0.1) is 18.9 Å². The van der Waals surface area contributed by atoms with E-state index in [4.69, 9.17) is 26.5 Å². The summed E-state index contributed by atoms with van der Waals surface area (Å²) in [7, 11) is 1.50. The Morgan fingerprint density at radius 2 is 2.00 bits per heavy atom. The molecule has 0 saturated carbocycles. The number of hydrogen-bond donors (Lipinski definition) is 3. The predicted molar refractivity (Wildman–Crippen MR) is 100 cm³/mol. The van der Waals surface area contributed by atoms with Crippen LogP contribution >= 0.6 is 11.6 Å². The van der Waals surface area contributed by atoms with Crippen molar-refractivity contribution < 1.29 is 13.9 Å². The number of methoxy groups -OCH3 is 1. The van der Waals surface area contributed by atoms with Gasteiger partial charge in [-0.15, -0.1) is 0 Å². The predicted octanol–water partition coefficient (Wildman–Crippen LogP) is 3.48. The maximum absolute atomic E-state index is 13.1. The van der Waals surface area contributed by atoms with E-state index in [9.17, 15) is 4.39 Å². The van der Waals surface area contributed by atoms with Crippen LogP contribution in [-0.2, 0) is 9.47 Å². The van der Waals surface area contributed by atoms with Crippen molar-refractivity contribution in [3.8, 4) is 0 Å². The Labute approximate surface area is 156 Å². The lowest BCUT2D eigenvalue weighted by atomic mass is 10.2. The van der Waals surface area contributed by atoms with Crippen LogP contribution in [0.3, 0.4) is 0 Å². The van der Waals surface area contributed by atoms with Crippen LogP contribution in [0.5, 0.6) is 0 Å². The van der Waals surface area contributed by atoms with Crippen LogP contribution in [-0.4, -0.2) is 49.2 Å². The summed E-state index contributed by atoms with van der Waals surface area (Å²) < 4.78 is 23.5. The normalized spacial score (nSPS) is 10.6. The lowest BCUT2D eigenvalue weighted by molar-refractivity contribution is 0.158. The average molecular weight is 382 g/mol. The minimum Gasteiger partial charge on any atom is -0.380 e. The molecule has 0 radical (unpaired) electrons. The number of rotatable bonds is 10. The zero-order chi connectivity index (χ0) is 18.9. The van der Waals surface area contributed by atoms with Gasteiger partial charge in [-0.05, 0) is 42.8 Å². The van der Waals surface area contributed by atoms with Gasteiger partial charge in [-0.3, -0.25) is 0 Å². The first-order valence-corrected chi connectivity index (χ1v) is 8.41. The Bertz CT molecular complexity index is 743. The highest BCUT2D eigenvalue weighted by atomic mass is 35.5. The molecule has 0 spiro atoms. The van der Waals surface area contributed by atoms with Gasteiger partial charge >= 0.3 is 0 Å². The molecule has 140 valence electrons. The molecule has 1 heterocycles. The first-order valence-electron chi connectivity index (χ1n) is 8.03. The first kappa shape index (κ1) is 20.0. The largest absolute Gasteiger partial charge is 0.380 e. The van der Waals surface area contributed by atoms with Gasteiger partial charge in [-0.25, -0.2) is 9.37 Å². The summed E-state index contributed by atoms with van der Waals surface area (Å²) in [5, 5.41) is 14.4. The van der Waals surface area contributed by atoms with E-state index in [0.29, 0.717) is 42.6 Å². The number of anilines is 3. The Morgan fingerprint density at radius 3 is 2.65 bits per heavy atom. The SMILES string of the molecule is CCOCCNc1c(Nc2ccc(F)cc2)nc(Cl)nc1C(=N)COC. The van der Waals surface area contributed by atoms with Crippen molar-refractivity contribution in [3.63, 3.8) is 0 Å². The van der Waals surface area contributed by atoms with E-state index < -0.39 is 0 Å². The van der Waals surface area contributed by atoms with Crippen molar-refractivity contribution in [2.24, 2.45) is 0 Å². The molecule has 0 aliphatic rings. The number of hydrogen-bond acceptors (Lipinski definition) is 7. The summed E-state index contributed by atoms with van der Waals surface area (Å²) in [5.41, 5.74) is 1.60. The molecule has 2 aromatic rings. The van der Waals surface area contributed by atoms with Crippen LogP contribution in [0.4, 0.5) is 21.6 Å². The van der Waals surface area contributed by atoms with Gasteiger partial charge < -0.3 is 25.5 Å². The molecule has 0 atom stereocenters. The Hall–Kier alpha value is -2.29. The monoisotopic (exact) mass is 381 g/mol. The van der Waals surface area contributed by atoms with Gasteiger partial charge in [-0.1, -0.05) is 0 Å². The van der Waals surface area contributed by atoms with Gasteiger partial charge in [0.2, 0.25) is 5.28 Å². The van der Waals surface area contributed by atoms with Crippen LogP contribution in [0, 0.1) is 11.2 Å². The van der Waals surface area contributed by atoms with E-state index in [2.05, 4.69) is 20.6 Å². The number of nitrogens with zero attached hydrogens (tertiary/aromatic N) is 2. The molecule has 0 bridgehead atoms. The summed E-state index contributed by atoms with van der Waals surface area (Å²) in [6, 6.07) is 5.83. The molecule has 7 nitrogen and oxygen atoms in total. The average Bonchev–Trinajstić information content (AvgIpc) is 2.62. The summed E-state index contributed by atoms with van der Waals surface area (Å²) in [6.07, 6.45) is 0. The summed E-state index contributed by atoms with van der Waals surface area (Å²) >= 11 is 6.03. The molecule has 2 rings (SSSR count). The molecule has 26 heavy (non-hydrogen) atoms. The zero-order valence-electron chi connectivity index (χ0n) is 14.6. The quantitative estimate of drug-likeness (QED) is 0.331. The second-order valence-electron chi connectivity index (χ2n) is 5.23. The maximum Gasteiger partial charge on any atom is 0.225 e. The molecule has 1 aromatic heterocycles. The van der Waals surface area contributed by atoms with Crippen LogP contribution in [0.1, 0.15) is 12.6 Å². The molecule has 0 unspecified atom stereocenters. The second kappa shape index (κ2) is 10.0. The van der Waals surface area contributed by atoms with Crippen LogP contribution in [0.15, 0.2) is 24.3 Å². The van der Waals surface area contributed by atoms with Crippen molar-refractivity contribution in [2.45, 2.75) is 6.92 Å². The lowest BCUT2D eigenvalue weighted by Gasteiger charge is -2.17. The summed E-state index contributed by atoms with van der Waals surface area (Å²) in [4.78, 5) is 8.36. The second-order valence-corrected chi connectivity index (χ2v) is 5.57. The highest BCUT2D eigenvalue weighted by molar-refractivity contribution is 6.28. The van der Waals surface area contributed by atoms with Gasteiger partial charge in [0.15, 0.2) is 5.82 Å². The van der Waals surface area contributed by atoms with Crippen LogP contribution in [0.25, 0.3) is 0 Å². The topological polar surface area (TPSA) is 92.2 Å². The van der Waals surface area contributed by atoms with Crippen molar-refractivity contribution in [1.82, 2.24) is 9.97 Å². The zero-order valence-corrected chi connectivity index (χ0v) is 15.4. The van der Waals surface area contributed by atoms with Gasteiger partial charge in [0, 0.05) is 25.9 Å². The first-order chi connectivity index (χ1) is 12.5. The Kier molecular flexibility index (Phi) is 7.71. The van der Waals surface area contributed by atoms with E-state index in [1.807, 2.05) is 6.92 Å². The maximum atomic E-state index is 13.1. The van der Waals surface area contributed by atoms with Crippen molar-refractivity contribution in [3.05, 3.63) is 41.1 Å². The number of ether oxygens (including phenoxy) is 2. The highest BCUT2D eigenvalue weighted by Gasteiger charge is 2.18. The third-order valence-electron chi connectivity index (χ3n) is 3.32. The Balaban J connectivity index is 2.35. The number of benzene rings is 1. The molecular weight excluding hydrogens is 361 g/mol. The van der Waals surface area contributed by atoms with E-state index in [0.717, 1.165) is 0 Å². The van der Waals surface area contributed by atoms with E-state index in [-0.39, 0.29) is 23.4 Å². The van der Waals surface area contributed by atoms with Crippen molar-refractivity contribution >= 4 is 34.5 Å². The molecule has 0 aliphatic heterocycles. The fourth-order valence-corrected chi connectivity index (χ4v) is 2.35. The fraction of sp³-hybridized carbons (Fsp3) is 0.353. The molecule has 0 fully saturated rings. The van der Waals surface area contributed by atoms with E-state index in [1.54, 1.807) is 12.1 Å². The minimum atomic E-state index is -0.339. The van der Waals surface area contributed by atoms with E-state index in [1.165, 1.54) is 19.2 Å². The number of nitrogens with one attached hydrogen (secondary N) is 3. The highest BCUT2D eigenvalue weighted by Crippen LogP contribution is 2.28. The molecule has 0 aliphatic carbocycles. The standard InChI is InChI=1S/C17H21ClFN5O2/c1-3-26-9-8-21-15-14(13(20)10-25-2)23-17(18)24-16(15)22-12-6-4-11(19)5-7-12/h4-7,20-21H,3,8-10H2,1-2H3,(H,22,23,24). The van der Waals surface area contributed by atoms with Crippen LogP contribution < -0.4 is 10.6 Å². The van der Waals surface area contributed by atoms with Gasteiger partial charge in [0.1, 0.15) is 17.2 Å². The molecule has 0 saturated heterocycles. The van der Waals surface area contributed by atoms with Crippen molar-refractivity contribution in [1.29, 1.82) is 5.41 Å². The smallest absolute Gasteiger partial charge is 0.225 e. The molecule has 9 heteroatoms. The molecule has 3 N–H and O–H groups in total. The van der Waals surface area contributed by atoms with E-state index >= 15 is 0 Å². The molecule has 1 aromatic carbocycles. The number of aromatic nitrogens is 2. The number of halogens is 2. The van der Waals surface area contributed by atoms with Gasteiger partial charge in [0.25, 0.3) is 0 Å². The Morgan fingerprint density at radius 1 is 1.27 bits per heavy atom. The van der Waals surface area contributed by atoms with Gasteiger partial charge in [-0.2, -0.15) is 4.98 Å². The molecular formula is C17H21ClFN5O2. The third-order valence-corrected chi connectivity index (χ3v) is 3.48. The minimum absolute atomic E-state index is 0.0131. The molecule has 0 amide bonds. The summed E-state index contributed by atoms with van der Waals surface area (Å²) in [5.74, 6) is 0.0397.